The van der Waals surface area contributed by atoms with Gasteiger partial charge in [-0.2, -0.15) is 19.6 Å². The van der Waals surface area contributed by atoms with Gasteiger partial charge in [-0.15, -0.1) is 0 Å². The summed E-state index contributed by atoms with van der Waals surface area (Å²) in [4.78, 5) is 34.7. The number of nitrogens with one attached hydrogen (secondary N) is 2. The molecule has 3 heterocycles. The third-order valence-electron chi connectivity index (χ3n) is 5.73. The SMILES string of the molecule is C=CC(=O)N1CCC(C(=O)Nc2cccc(CNc3nc(N)nc4c(C(C)C)cnn34)c2)C1. The van der Waals surface area contributed by atoms with Crippen LogP contribution < -0.4 is 16.4 Å². The van der Waals surface area contributed by atoms with Crippen molar-refractivity contribution in [3.63, 3.8) is 0 Å². The average molecular weight is 449 g/mol. The average Bonchev–Trinajstić information content (AvgIpc) is 3.45. The van der Waals surface area contributed by atoms with E-state index in [-0.39, 0.29) is 29.6 Å². The molecular formula is C23H28N8O2. The zero-order valence-electron chi connectivity index (χ0n) is 18.8. The van der Waals surface area contributed by atoms with Crippen molar-refractivity contribution in [3.05, 3.63) is 54.2 Å². The largest absolute Gasteiger partial charge is 0.368 e. The standard InChI is InChI=1S/C23H28N8O2/c1-4-19(32)30-9-8-16(13-30)21(33)27-17-7-5-6-15(10-17)11-25-23-29-22(24)28-20-18(14(2)3)12-26-31(20)23/h4-7,10,12,14,16H,1,8-9,11,13H2,2-3H3,(H,27,33)(H3,24,25,28,29). The maximum atomic E-state index is 12.7. The summed E-state index contributed by atoms with van der Waals surface area (Å²) in [6.07, 6.45) is 3.70. The van der Waals surface area contributed by atoms with Crippen molar-refractivity contribution in [2.75, 3.05) is 29.5 Å². The van der Waals surface area contributed by atoms with Gasteiger partial charge < -0.3 is 21.3 Å². The minimum atomic E-state index is -0.233. The Bertz CT molecular complexity index is 1200. The van der Waals surface area contributed by atoms with E-state index in [9.17, 15) is 9.59 Å². The summed E-state index contributed by atoms with van der Waals surface area (Å²) in [5.41, 5.74) is 9.24. The molecule has 2 amide bonds. The van der Waals surface area contributed by atoms with Crippen molar-refractivity contribution in [1.82, 2.24) is 24.5 Å². The number of amides is 2. The number of anilines is 3. The molecule has 10 heteroatoms. The molecule has 1 aromatic carbocycles. The lowest BCUT2D eigenvalue weighted by molar-refractivity contribution is -0.125. The molecule has 33 heavy (non-hydrogen) atoms. The summed E-state index contributed by atoms with van der Waals surface area (Å²) in [6, 6.07) is 7.57. The van der Waals surface area contributed by atoms with Crippen molar-refractivity contribution < 1.29 is 9.59 Å². The first-order valence-corrected chi connectivity index (χ1v) is 10.9. The molecule has 1 aliphatic rings. The number of aromatic nitrogens is 4. The van der Waals surface area contributed by atoms with Crippen molar-refractivity contribution in [3.8, 4) is 0 Å². The number of carbonyl (C=O) groups is 2. The molecule has 172 valence electrons. The fourth-order valence-corrected chi connectivity index (χ4v) is 3.92. The number of rotatable bonds is 7. The second-order valence-electron chi connectivity index (χ2n) is 8.41. The van der Waals surface area contributed by atoms with Gasteiger partial charge in [-0.25, -0.2) is 0 Å². The fraction of sp³-hybridized carbons (Fsp3) is 0.348. The van der Waals surface area contributed by atoms with Gasteiger partial charge in [0.15, 0.2) is 5.65 Å². The van der Waals surface area contributed by atoms with Crippen LogP contribution in [0.1, 0.15) is 37.3 Å². The number of hydrogen-bond acceptors (Lipinski definition) is 7. The Hall–Kier alpha value is -3.95. The van der Waals surface area contributed by atoms with E-state index in [1.807, 2.05) is 24.3 Å². The molecule has 3 aromatic rings. The van der Waals surface area contributed by atoms with Crippen molar-refractivity contribution in [2.24, 2.45) is 5.92 Å². The summed E-state index contributed by atoms with van der Waals surface area (Å²) < 4.78 is 1.65. The molecule has 0 spiro atoms. The molecule has 4 rings (SSSR count). The molecular weight excluding hydrogens is 420 g/mol. The van der Waals surface area contributed by atoms with Gasteiger partial charge in [0, 0.05) is 30.9 Å². The van der Waals surface area contributed by atoms with Gasteiger partial charge in [0.2, 0.25) is 23.7 Å². The molecule has 0 bridgehead atoms. The first kappa shape index (κ1) is 22.3. The number of fused-ring (bicyclic) bond motifs is 1. The van der Waals surface area contributed by atoms with Gasteiger partial charge in [-0.1, -0.05) is 32.6 Å². The summed E-state index contributed by atoms with van der Waals surface area (Å²) in [5, 5.41) is 10.6. The number of likely N-dealkylation sites (tertiary alicyclic amines) is 1. The highest BCUT2D eigenvalue weighted by molar-refractivity contribution is 5.94. The topological polar surface area (TPSA) is 131 Å². The molecule has 1 unspecified atom stereocenters. The molecule has 10 nitrogen and oxygen atoms in total. The van der Waals surface area contributed by atoms with Crippen molar-refractivity contribution in [2.45, 2.75) is 32.7 Å². The Kier molecular flexibility index (Phi) is 6.25. The molecule has 4 N–H and O–H groups in total. The Labute approximate surface area is 191 Å². The van der Waals surface area contributed by atoms with E-state index < -0.39 is 0 Å². The zero-order chi connectivity index (χ0) is 23.5. The maximum absolute atomic E-state index is 12.7. The smallest absolute Gasteiger partial charge is 0.245 e. The number of nitrogens with zero attached hydrogens (tertiary/aromatic N) is 5. The predicted octanol–water partition coefficient (Wildman–Crippen LogP) is 2.42. The number of carbonyl (C=O) groups excluding carboxylic acids is 2. The molecule has 0 aliphatic carbocycles. The van der Waals surface area contributed by atoms with Gasteiger partial charge in [-0.3, -0.25) is 9.59 Å². The Morgan fingerprint density at radius 3 is 2.91 bits per heavy atom. The molecule has 1 fully saturated rings. The molecule has 1 atom stereocenters. The van der Waals surface area contributed by atoms with Crippen LogP contribution in [0, 0.1) is 5.92 Å². The quantitative estimate of drug-likeness (QED) is 0.473. The Balaban J connectivity index is 1.43. The van der Waals surface area contributed by atoms with E-state index in [2.05, 4.69) is 46.1 Å². The minimum absolute atomic E-state index is 0.0949. The van der Waals surface area contributed by atoms with Crippen LogP contribution in [-0.4, -0.2) is 49.4 Å². The maximum Gasteiger partial charge on any atom is 0.245 e. The van der Waals surface area contributed by atoms with E-state index in [0.717, 1.165) is 11.1 Å². The van der Waals surface area contributed by atoms with Gasteiger partial charge >= 0.3 is 0 Å². The van der Waals surface area contributed by atoms with Crippen LogP contribution in [0.15, 0.2) is 43.1 Å². The van der Waals surface area contributed by atoms with Crippen molar-refractivity contribution in [1.29, 1.82) is 0 Å². The van der Waals surface area contributed by atoms with Gasteiger partial charge in [0.1, 0.15) is 0 Å². The third-order valence-corrected chi connectivity index (χ3v) is 5.73. The lowest BCUT2D eigenvalue weighted by atomic mass is 10.1. The number of nitrogen functional groups attached to an aromatic ring is 1. The van der Waals surface area contributed by atoms with Crippen LogP contribution in [-0.2, 0) is 16.1 Å². The first-order chi connectivity index (χ1) is 15.9. The van der Waals surface area contributed by atoms with Crippen LogP contribution in [0.3, 0.4) is 0 Å². The Morgan fingerprint density at radius 1 is 1.33 bits per heavy atom. The van der Waals surface area contributed by atoms with Gasteiger partial charge in [-0.05, 0) is 36.1 Å². The van der Waals surface area contributed by atoms with Gasteiger partial charge in [0.05, 0.1) is 12.1 Å². The second kappa shape index (κ2) is 9.27. The molecule has 0 radical (unpaired) electrons. The third kappa shape index (κ3) is 4.79. The highest BCUT2D eigenvalue weighted by Gasteiger charge is 2.30. The van der Waals surface area contributed by atoms with E-state index in [1.54, 1.807) is 15.6 Å². The van der Waals surface area contributed by atoms with E-state index in [0.29, 0.717) is 43.3 Å². The molecule has 2 aromatic heterocycles. The van der Waals surface area contributed by atoms with Crippen LogP contribution in [0.4, 0.5) is 17.6 Å². The van der Waals surface area contributed by atoms with Gasteiger partial charge in [0.25, 0.3) is 0 Å². The van der Waals surface area contributed by atoms with E-state index >= 15 is 0 Å². The molecule has 0 saturated carbocycles. The van der Waals surface area contributed by atoms with E-state index in [1.165, 1.54) is 6.08 Å². The fourth-order valence-electron chi connectivity index (χ4n) is 3.92. The highest BCUT2D eigenvalue weighted by Crippen LogP contribution is 2.22. The molecule has 1 aliphatic heterocycles. The lowest BCUT2D eigenvalue weighted by Crippen LogP contribution is -2.30. The lowest BCUT2D eigenvalue weighted by Gasteiger charge is -2.15. The minimum Gasteiger partial charge on any atom is -0.368 e. The molecule has 1 saturated heterocycles. The highest BCUT2D eigenvalue weighted by atomic mass is 16.2. The first-order valence-electron chi connectivity index (χ1n) is 10.9. The van der Waals surface area contributed by atoms with Crippen LogP contribution in [0.2, 0.25) is 0 Å². The number of hydrogen-bond donors (Lipinski definition) is 3. The van der Waals surface area contributed by atoms with E-state index in [4.69, 9.17) is 5.73 Å². The van der Waals surface area contributed by atoms with Crippen molar-refractivity contribution >= 4 is 35.0 Å². The predicted molar refractivity (Wildman–Crippen MR) is 127 cm³/mol. The normalized spacial score (nSPS) is 15.7. The number of nitrogens with two attached hydrogens (primary N) is 1. The van der Waals surface area contributed by atoms with Crippen LogP contribution >= 0.6 is 0 Å². The van der Waals surface area contributed by atoms with Crippen LogP contribution in [0.25, 0.3) is 5.65 Å². The van der Waals surface area contributed by atoms with Crippen LogP contribution in [0.5, 0.6) is 0 Å². The summed E-state index contributed by atoms with van der Waals surface area (Å²) in [7, 11) is 0. The summed E-state index contributed by atoms with van der Waals surface area (Å²) in [5.74, 6) is 0.457. The summed E-state index contributed by atoms with van der Waals surface area (Å²) >= 11 is 0. The Morgan fingerprint density at radius 2 is 2.15 bits per heavy atom. The monoisotopic (exact) mass is 448 g/mol. The zero-order valence-corrected chi connectivity index (χ0v) is 18.8. The second-order valence-corrected chi connectivity index (χ2v) is 8.41. The number of benzene rings is 1. The summed E-state index contributed by atoms with van der Waals surface area (Å²) in [6.45, 7) is 9.08.